The molecule has 0 saturated carbocycles. The van der Waals surface area contributed by atoms with Gasteiger partial charge in [0.15, 0.2) is 0 Å². The molecule has 1 aromatic heterocycles. The second-order valence-electron chi connectivity index (χ2n) is 6.04. The lowest BCUT2D eigenvalue weighted by atomic mass is 10.1. The summed E-state index contributed by atoms with van der Waals surface area (Å²) in [5, 5.41) is 14.4. The number of hydrogen-bond donors (Lipinski definition) is 1. The first-order valence-electron chi connectivity index (χ1n) is 7.75. The summed E-state index contributed by atoms with van der Waals surface area (Å²) in [5.41, 5.74) is 1.31. The van der Waals surface area contributed by atoms with Crippen molar-refractivity contribution in [1.29, 1.82) is 0 Å². The van der Waals surface area contributed by atoms with E-state index in [0.29, 0.717) is 11.7 Å². The van der Waals surface area contributed by atoms with E-state index >= 15 is 0 Å². The van der Waals surface area contributed by atoms with Crippen molar-refractivity contribution in [3.05, 3.63) is 64.3 Å². The molecular formula is C17H20N4O2. The van der Waals surface area contributed by atoms with Crippen LogP contribution < -0.4 is 5.32 Å². The number of hydrogen-bond acceptors (Lipinski definition) is 5. The van der Waals surface area contributed by atoms with Crippen LogP contribution in [0.5, 0.6) is 0 Å². The highest BCUT2D eigenvalue weighted by molar-refractivity contribution is 5.55. The van der Waals surface area contributed by atoms with Gasteiger partial charge in [-0.25, -0.2) is 4.98 Å². The molecule has 6 heteroatoms. The van der Waals surface area contributed by atoms with Crippen LogP contribution in [0.4, 0.5) is 11.5 Å². The molecule has 0 amide bonds. The normalized spacial score (nSPS) is 21.3. The quantitative estimate of drug-likeness (QED) is 0.679. The molecule has 1 N–H and O–H groups in total. The Labute approximate surface area is 135 Å². The van der Waals surface area contributed by atoms with E-state index in [9.17, 15) is 10.1 Å². The molecule has 1 aromatic carbocycles. The number of pyridine rings is 1. The van der Waals surface area contributed by atoms with Gasteiger partial charge in [0.2, 0.25) is 5.82 Å². The largest absolute Gasteiger partial charge is 0.360 e. The topological polar surface area (TPSA) is 71.3 Å². The number of aromatic nitrogens is 1. The van der Waals surface area contributed by atoms with Gasteiger partial charge in [0.1, 0.15) is 0 Å². The highest BCUT2D eigenvalue weighted by Gasteiger charge is 2.31. The zero-order valence-electron chi connectivity index (χ0n) is 13.1. The average molecular weight is 312 g/mol. The van der Waals surface area contributed by atoms with Crippen LogP contribution in [0.15, 0.2) is 48.7 Å². The number of nitrogens with zero attached hydrogens (tertiary/aromatic N) is 3. The summed E-state index contributed by atoms with van der Waals surface area (Å²) in [7, 11) is 0. The maximum absolute atomic E-state index is 11.1. The van der Waals surface area contributed by atoms with Crippen LogP contribution in [0.2, 0.25) is 0 Å². The second-order valence-corrected chi connectivity index (χ2v) is 6.04. The van der Waals surface area contributed by atoms with Gasteiger partial charge in [-0.15, -0.1) is 0 Å². The maximum Gasteiger partial charge on any atom is 0.311 e. The SMILES string of the molecule is CC1CN(Cc2ccccc2)CC1Nc1ncccc1[N+](=O)[O-]. The minimum atomic E-state index is -0.392. The van der Waals surface area contributed by atoms with Gasteiger partial charge in [-0.2, -0.15) is 0 Å². The third-order valence-electron chi connectivity index (χ3n) is 4.24. The summed E-state index contributed by atoms with van der Waals surface area (Å²) in [4.78, 5) is 17.2. The standard InChI is InChI=1S/C17H20N4O2/c1-13-10-20(11-14-6-3-2-4-7-14)12-15(13)19-17-16(21(22)23)8-5-9-18-17/h2-9,13,15H,10-12H2,1H3,(H,18,19). The first-order chi connectivity index (χ1) is 11.1. The van der Waals surface area contributed by atoms with Crippen molar-refractivity contribution in [3.63, 3.8) is 0 Å². The van der Waals surface area contributed by atoms with E-state index in [0.717, 1.165) is 19.6 Å². The highest BCUT2D eigenvalue weighted by atomic mass is 16.6. The zero-order chi connectivity index (χ0) is 16.2. The minimum Gasteiger partial charge on any atom is -0.360 e. The summed E-state index contributed by atoms with van der Waals surface area (Å²) >= 11 is 0. The van der Waals surface area contributed by atoms with Gasteiger partial charge in [-0.3, -0.25) is 15.0 Å². The number of rotatable bonds is 5. The van der Waals surface area contributed by atoms with Crippen molar-refractivity contribution < 1.29 is 4.92 Å². The van der Waals surface area contributed by atoms with Gasteiger partial charge in [0, 0.05) is 37.9 Å². The predicted octanol–water partition coefficient (Wildman–Crippen LogP) is 2.92. The Morgan fingerprint density at radius 2 is 2.04 bits per heavy atom. The molecular weight excluding hydrogens is 292 g/mol. The molecule has 0 aliphatic carbocycles. The molecule has 2 aromatic rings. The van der Waals surface area contributed by atoms with Crippen LogP contribution in [-0.4, -0.2) is 33.9 Å². The molecule has 1 aliphatic rings. The summed E-state index contributed by atoms with van der Waals surface area (Å²) in [6.07, 6.45) is 1.58. The number of nitro groups is 1. The van der Waals surface area contributed by atoms with Gasteiger partial charge in [0.25, 0.3) is 0 Å². The van der Waals surface area contributed by atoms with E-state index in [4.69, 9.17) is 0 Å². The summed E-state index contributed by atoms with van der Waals surface area (Å²) in [6.45, 7) is 4.88. The summed E-state index contributed by atoms with van der Waals surface area (Å²) in [6, 6.07) is 13.6. The van der Waals surface area contributed by atoms with Crippen molar-refractivity contribution in [2.45, 2.75) is 19.5 Å². The molecule has 1 aliphatic heterocycles. The van der Waals surface area contributed by atoms with E-state index in [1.54, 1.807) is 12.3 Å². The fourth-order valence-electron chi connectivity index (χ4n) is 3.06. The molecule has 1 saturated heterocycles. The third-order valence-corrected chi connectivity index (χ3v) is 4.24. The molecule has 0 bridgehead atoms. The molecule has 2 heterocycles. The zero-order valence-corrected chi connectivity index (χ0v) is 13.1. The van der Waals surface area contributed by atoms with Crippen LogP contribution in [-0.2, 0) is 6.54 Å². The fraction of sp³-hybridized carbons (Fsp3) is 0.353. The van der Waals surface area contributed by atoms with Crippen molar-refractivity contribution in [2.24, 2.45) is 5.92 Å². The molecule has 1 fully saturated rings. The van der Waals surface area contributed by atoms with Crippen LogP contribution in [0.3, 0.4) is 0 Å². The van der Waals surface area contributed by atoms with Gasteiger partial charge >= 0.3 is 5.69 Å². The predicted molar refractivity (Wildman–Crippen MR) is 89.2 cm³/mol. The molecule has 0 radical (unpaired) electrons. The number of likely N-dealkylation sites (tertiary alicyclic amines) is 1. The minimum absolute atomic E-state index is 0.0289. The summed E-state index contributed by atoms with van der Waals surface area (Å²) in [5.74, 6) is 0.760. The lowest BCUT2D eigenvalue weighted by molar-refractivity contribution is -0.384. The van der Waals surface area contributed by atoms with Crippen molar-refractivity contribution in [3.8, 4) is 0 Å². The molecule has 6 nitrogen and oxygen atoms in total. The van der Waals surface area contributed by atoms with Crippen LogP contribution in [0.1, 0.15) is 12.5 Å². The van der Waals surface area contributed by atoms with Gasteiger partial charge in [-0.05, 0) is 17.5 Å². The number of benzene rings is 1. The molecule has 3 rings (SSSR count). The Bertz CT molecular complexity index is 677. The Morgan fingerprint density at radius 3 is 2.78 bits per heavy atom. The van der Waals surface area contributed by atoms with E-state index in [2.05, 4.69) is 34.3 Å². The first-order valence-corrected chi connectivity index (χ1v) is 7.75. The van der Waals surface area contributed by atoms with Crippen molar-refractivity contribution in [1.82, 2.24) is 9.88 Å². The van der Waals surface area contributed by atoms with E-state index in [-0.39, 0.29) is 11.7 Å². The average Bonchev–Trinajstić information content (AvgIpc) is 2.88. The van der Waals surface area contributed by atoms with E-state index in [1.807, 2.05) is 18.2 Å². The number of nitrogens with one attached hydrogen (secondary N) is 1. The smallest absolute Gasteiger partial charge is 0.311 e. The third kappa shape index (κ3) is 3.65. The summed E-state index contributed by atoms with van der Waals surface area (Å²) < 4.78 is 0. The Balaban J connectivity index is 1.67. The Hall–Kier alpha value is -2.47. The van der Waals surface area contributed by atoms with Crippen LogP contribution >= 0.6 is 0 Å². The van der Waals surface area contributed by atoms with Gasteiger partial charge in [0.05, 0.1) is 4.92 Å². The molecule has 23 heavy (non-hydrogen) atoms. The Morgan fingerprint density at radius 1 is 1.26 bits per heavy atom. The molecule has 2 atom stereocenters. The van der Waals surface area contributed by atoms with Crippen LogP contribution in [0.25, 0.3) is 0 Å². The monoisotopic (exact) mass is 312 g/mol. The van der Waals surface area contributed by atoms with E-state index < -0.39 is 4.92 Å². The van der Waals surface area contributed by atoms with Crippen molar-refractivity contribution >= 4 is 11.5 Å². The van der Waals surface area contributed by atoms with Crippen LogP contribution in [0, 0.1) is 16.0 Å². The lowest BCUT2D eigenvalue weighted by Gasteiger charge is -2.17. The lowest BCUT2D eigenvalue weighted by Crippen LogP contribution is -2.28. The first kappa shape index (κ1) is 15.4. The highest BCUT2D eigenvalue weighted by Crippen LogP contribution is 2.26. The molecule has 120 valence electrons. The maximum atomic E-state index is 11.1. The number of anilines is 1. The Kier molecular flexibility index (Phi) is 4.52. The molecule has 0 spiro atoms. The van der Waals surface area contributed by atoms with E-state index in [1.165, 1.54) is 11.6 Å². The second kappa shape index (κ2) is 6.75. The van der Waals surface area contributed by atoms with Crippen molar-refractivity contribution in [2.75, 3.05) is 18.4 Å². The molecule has 2 unspecified atom stereocenters. The van der Waals surface area contributed by atoms with Gasteiger partial charge < -0.3 is 5.32 Å². The fourth-order valence-corrected chi connectivity index (χ4v) is 3.06. The van der Waals surface area contributed by atoms with Gasteiger partial charge in [-0.1, -0.05) is 37.3 Å².